The maximum absolute atomic E-state index is 2.39. The van der Waals surface area contributed by atoms with Crippen molar-refractivity contribution in [3.05, 3.63) is 30.1 Å². The number of unbranched alkanes of at least 4 members (excludes halogenated alkanes) is 4. The topological polar surface area (TPSA) is 3.88 Å². The molecule has 0 unspecified atom stereocenters. The van der Waals surface area contributed by atoms with Crippen LogP contribution in [0.25, 0.3) is 0 Å². The number of aryl methyl sites for hydroxylation is 2. The van der Waals surface area contributed by atoms with Crippen LogP contribution in [0.3, 0.4) is 0 Å². The van der Waals surface area contributed by atoms with Crippen molar-refractivity contribution in [2.75, 3.05) is 0 Å². The quantitative estimate of drug-likeness (QED) is 0.475. The van der Waals surface area contributed by atoms with Crippen LogP contribution in [0.4, 0.5) is 0 Å². The van der Waals surface area contributed by atoms with E-state index >= 15 is 0 Å². The third-order valence-corrected chi connectivity index (χ3v) is 2.90. The highest BCUT2D eigenvalue weighted by atomic mass is 14.9. The lowest BCUT2D eigenvalue weighted by atomic mass is 10.1. The molecule has 0 N–H and O–H groups in total. The van der Waals surface area contributed by atoms with Crippen molar-refractivity contribution in [1.82, 2.24) is 0 Å². The first-order valence-corrected chi connectivity index (χ1v) is 6.35. The summed E-state index contributed by atoms with van der Waals surface area (Å²) in [6.07, 6.45) is 10.2. The predicted octanol–water partition coefficient (Wildman–Crippen LogP) is 3.51. The summed E-state index contributed by atoms with van der Waals surface area (Å²) in [5.41, 5.74) is 1.45. The maximum Gasteiger partial charge on any atom is 0.181 e. The minimum absolute atomic E-state index is 1.13. The molecule has 1 nitrogen and oxygen atoms in total. The number of pyridine rings is 1. The van der Waals surface area contributed by atoms with Crippen molar-refractivity contribution in [3.8, 4) is 0 Å². The van der Waals surface area contributed by atoms with Crippen LogP contribution >= 0.6 is 0 Å². The zero-order valence-electron chi connectivity index (χ0n) is 10.2. The van der Waals surface area contributed by atoms with E-state index in [0.717, 1.165) is 6.42 Å². The van der Waals surface area contributed by atoms with Crippen molar-refractivity contribution >= 4 is 0 Å². The Morgan fingerprint density at radius 3 is 2.53 bits per heavy atom. The maximum atomic E-state index is 2.39. The lowest BCUT2D eigenvalue weighted by Crippen LogP contribution is -2.37. The van der Waals surface area contributed by atoms with Crippen molar-refractivity contribution in [3.63, 3.8) is 0 Å². The molecule has 0 fully saturated rings. The smallest absolute Gasteiger partial charge is 0.181 e. The Labute approximate surface area is 94.1 Å². The van der Waals surface area contributed by atoms with Crippen LogP contribution < -0.4 is 4.57 Å². The molecule has 1 heterocycles. The van der Waals surface area contributed by atoms with E-state index in [-0.39, 0.29) is 0 Å². The van der Waals surface area contributed by atoms with Gasteiger partial charge in [-0.2, -0.15) is 0 Å². The van der Waals surface area contributed by atoms with Gasteiger partial charge >= 0.3 is 0 Å². The standard InChI is InChI=1S/C14H24N/c1-3-5-6-7-9-12-15-13-10-8-11-14(15)4-2/h8,10-11,13H,3-7,9,12H2,1-2H3/q+1. The number of aromatic nitrogens is 1. The number of hydrogen-bond donors (Lipinski definition) is 0. The minimum atomic E-state index is 1.13. The minimum Gasteiger partial charge on any atom is -0.202 e. The van der Waals surface area contributed by atoms with Gasteiger partial charge in [0.1, 0.15) is 6.54 Å². The van der Waals surface area contributed by atoms with E-state index in [1.165, 1.54) is 44.3 Å². The first-order chi connectivity index (χ1) is 7.38. The SMILES string of the molecule is CCCCCCC[n+]1ccccc1CC. The van der Waals surface area contributed by atoms with Gasteiger partial charge in [0, 0.05) is 25.0 Å². The molecule has 1 rings (SSSR count). The van der Waals surface area contributed by atoms with Crippen molar-refractivity contribution in [1.29, 1.82) is 0 Å². The Morgan fingerprint density at radius 2 is 1.80 bits per heavy atom. The fraction of sp³-hybridized carbons (Fsp3) is 0.643. The molecule has 84 valence electrons. The summed E-state index contributed by atoms with van der Waals surface area (Å²) in [5, 5.41) is 0. The molecule has 15 heavy (non-hydrogen) atoms. The van der Waals surface area contributed by atoms with E-state index in [4.69, 9.17) is 0 Å². The van der Waals surface area contributed by atoms with E-state index in [1.54, 1.807) is 0 Å². The Morgan fingerprint density at radius 1 is 1.00 bits per heavy atom. The summed E-state index contributed by atoms with van der Waals surface area (Å²) in [6, 6.07) is 6.49. The average molecular weight is 206 g/mol. The number of rotatable bonds is 7. The highest BCUT2D eigenvalue weighted by Crippen LogP contribution is 2.02. The molecule has 0 saturated heterocycles. The molecule has 0 aliphatic carbocycles. The molecule has 0 aromatic carbocycles. The van der Waals surface area contributed by atoms with Crippen LogP contribution in [-0.4, -0.2) is 0 Å². The van der Waals surface area contributed by atoms with Crippen LogP contribution in [0.15, 0.2) is 24.4 Å². The fourth-order valence-corrected chi connectivity index (χ4v) is 1.94. The van der Waals surface area contributed by atoms with Gasteiger partial charge in [-0.05, 0) is 6.42 Å². The molecule has 1 aromatic rings. The highest BCUT2D eigenvalue weighted by Gasteiger charge is 2.05. The van der Waals surface area contributed by atoms with Gasteiger partial charge in [0.05, 0.1) is 0 Å². The molecule has 0 atom stereocenters. The zero-order valence-corrected chi connectivity index (χ0v) is 10.2. The Kier molecular flexibility index (Phi) is 6.06. The van der Waals surface area contributed by atoms with Gasteiger partial charge in [-0.15, -0.1) is 0 Å². The molecule has 0 bridgehead atoms. The molecule has 0 radical (unpaired) electrons. The summed E-state index contributed by atoms with van der Waals surface area (Å²) in [6.45, 7) is 5.68. The first-order valence-electron chi connectivity index (χ1n) is 6.35. The third kappa shape index (κ3) is 4.46. The van der Waals surface area contributed by atoms with E-state index in [1.807, 2.05) is 0 Å². The average Bonchev–Trinajstić information content (AvgIpc) is 2.29. The molecular weight excluding hydrogens is 182 g/mol. The van der Waals surface area contributed by atoms with E-state index < -0.39 is 0 Å². The Balaban J connectivity index is 2.30. The summed E-state index contributed by atoms with van der Waals surface area (Å²) in [4.78, 5) is 0. The molecule has 0 amide bonds. The molecule has 0 aliphatic rings. The molecule has 1 heteroatoms. The van der Waals surface area contributed by atoms with E-state index in [0.29, 0.717) is 0 Å². The van der Waals surface area contributed by atoms with Gasteiger partial charge in [0.25, 0.3) is 0 Å². The predicted molar refractivity (Wildman–Crippen MR) is 64.8 cm³/mol. The monoisotopic (exact) mass is 206 g/mol. The van der Waals surface area contributed by atoms with Crippen LogP contribution in [-0.2, 0) is 13.0 Å². The van der Waals surface area contributed by atoms with Crippen LogP contribution in [0, 0.1) is 0 Å². The van der Waals surface area contributed by atoms with E-state index in [2.05, 4.69) is 42.8 Å². The zero-order chi connectivity index (χ0) is 10.9. The van der Waals surface area contributed by atoms with Crippen molar-refractivity contribution < 1.29 is 4.57 Å². The van der Waals surface area contributed by atoms with Crippen molar-refractivity contribution in [2.24, 2.45) is 0 Å². The summed E-state index contributed by atoms with van der Waals surface area (Å²) in [5.74, 6) is 0. The fourth-order valence-electron chi connectivity index (χ4n) is 1.94. The lowest BCUT2D eigenvalue weighted by Gasteiger charge is -2.01. The molecule has 0 saturated carbocycles. The van der Waals surface area contributed by atoms with Gasteiger partial charge in [0.15, 0.2) is 11.9 Å². The Hall–Kier alpha value is -0.850. The van der Waals surface area contributed by atoms with Crippen molar-refractivity contribution in [2.45, 2.75) is 58.9 Å². The van der Waals surface area contributed by atoms with Gasteiger partial charge in [-0.25, -0.2) is 4.57 Å². The first kappa shape index (κ1) is 12.2. The highest BCUT2D eigenvalue weighted by molar-refractivity contribution is 4.96. The number of nitrogens with zero attached hydrogens (tertiary/aromatic N) is 1. The van der Waals surface area contributed by atoms with Gasteiger partial charge in [-0.3, -0.25) is 0 Å². The van der Waals surface area contributed by atoms with Crippen LogP contribution in [0.5, 0.6) is 0 Å². The second-order valence-electron chi connectivity index (χ2n) is 4.15. The summed E-state index contributed by atoms with van der Waals surface area (Å²) in [7, 11) is 0. The van der Waals surface area contributed by atoms with Gasteiger partial charge < -0.3 is 0 Å². The summed E-state index contributed by atoms with van der Waals surface area (Å²) >= 11 is 0. The molecular formula is C14H24N+. The molecule has 0 aliphatic heterocycles. The second kappa shape index (κ2) is 7.44. The molecule has 1 aromatic heterocycles. The second-order valence-corrected chi connectivity index (χ2v) is 4.15. The van der Waals surface area contributed by atoms with Crippen LogP contribution in [0.2, 0.25) is 0 Å². The normalized spacial score (nSPS) is 10.5. The Bertz CT molecular complexity index is 268. The largest absolute Gasteiger partial charge is 0.202 e. The summed E-state index contributed by atoms with van der Waals surface area (Å²) < 4.78 is 2.39. The third-order valence-electron chi connectivity index (χ3n) is 2.90. The number of hydrogen-bond acceptors (Lipinski definition) is 0. The van der Waals surface area contributed by atoms with Gasteiger partial charge in [0.2, 0.25) is 0 Å². The lowest BCUT2D eigenvalue weighted by molar-refractivity contribution is -0.704. The molecule has 0 spiro atoms. The van der Waals surface area contributed by atoms with Crippen LogP contribution in [0.1, 0.15) is 51.6 Å². The van der Waals surface area contributed by atoms with E-state index in [9.17, 15) is 0 Å². The van der Waals surface area contributed by atoms with Gasteiger partial charge in [-0.1, -0.05) is 39.2 Å².